The molecule has 0 aliphatic carbocycles. The molecule has 7 heteroatoms. The molecule has 0 N–H and O–H groups in total. The molecule has 2 rings (SSSR count). The van der Waals surface area contributed by atoms with Gasteiger partial charge in [0.2, 0.25) is 0 Å². The lowest BCUT2D eigenvalue weighted by Crippen LogP contribution is -2.46. The Balaban J connectivity index is 2.14. The molecule has 0 aromatic carbocycles. The van der Waals surface area contributed by atoms with Crippen LogP contribution in [0, 0.1) is 11.3 Å². The third-order valence-corrected chi connectivity index (χ3v) is 4.72. The Kier molecular flexibility index (Phi) is 7.05. The van der Waals surface area contributed by atoms with Crippen LogP contribution in [0.25, 0.3) is 0 Å². The van der Waals surface area contributed by atoms with Crippen LogP contribution >= 0.6 is 0 Å². The molecule has 27 heavy (non-hydrogen) atoms. The number of amides is 1. The number of piperidine rings is 1. The Morgan fingerprint density at radius 2 is 1.67 bits per heavy atom. The van der Waals surface area contributed by atoms with Crippen molar-refractivity contribution in [2.45, 2.75) is 46.6 Å². The van der Waals surface area contributed by atoms with E-state index < -0.39 is 5.97 Å². The van der Waals surface area contributed by atoms with Gasteiger partial charge in [0.25, 0.3) is 0 Å². The van der Waals surface area contributed by atoms with E-state index >= 15 is 0 Å². The number of carbonyl (C=O) groups excluding carboxylic acids is 2. The second kappa shape index (κ2) is 9.26. The largest absolute Gasteiger partial charge is 0.462 e. The van der Waals surface area contributed by atoms with Crippen molar-refractivity contribution in [3.05, 3.63) is 34.7 Å². The third kappa shape index (κ3) is 4.70. The number of hydrogen-bond acceptors (Lipinski definition) is 6. The summed E-state index contributed by atoms with van der Waals surface area (Å²) in [5.41, 5.74) is 2.53. The minimum atomic E-state index is -0.598. The van der Waals surface area contributed by atoms with Gasteiger partial charge in [-0.3, -0.25) is 0 Å². The summed E-state index contributed by atoms with van der Waals surface area (Å²) in [7, 11) is 0. The number of likely N-dealkylation sites (tertiary alicyclic amines) is 1. The van der Waals surface area contributed by atoms with Crippen molar-refractivity contribution in [3.8, 4) is 6.07 Å². The van der Waals surface area contributed by atoms with Crippen molar-refractivity contribution in [2.24, 2.45) is 0 Å². The number of esters is 1. The molecule has 146 valence electrons. The van der Waals surface area contributed by atoms with E-state index in [0.29, 0.717) is 25.3 Å². The van der Waals surface area contributed by atoms with Gasteiger partial charge in [-0.25, -0.2) is 9.59 Å². The van der Waals surface area contributed by atoms with Gasteiger partial charge in [0.15, 0.2) is 0 Å². The van der Waals surface area contributed by atoms with Crippen molar-refractivity contribution in [1.29, 1.82) is 5.26 Å². The molecule has 0 radical (unpaired) electrons. The van der Waals surface area contributed by atoms with Crippen LogP contribution in [0.1, 0.15) is 40.5 Å². The second-order valence-electron chi connectivity index (χ2n) is 6.52. The fraction of sp³-hybridized carbons (Fsp3) is 0.550. The van der Waals surface area contributed by atoms with Gasteiger partial charge in [0, 0.05) is 36.1 Å². The zero-order valence-electron chi connectivity index (χ0n) is 16.4. The lowest BCUT2D eigenvalue weighted by molar-refractivity contribution is -0.138. The van der Waals surface area contributed by atoms with E-state index in [0.717, 1.165) is 24.2 Å². The fourth-order valence-corrected chi connectivity index (χ4v) is 3.58. The molecule has 2 heterocycles. The third-order valence-electron chi connectivity index (χ3n) is 4.72. The predicted octanol–water partition coefficient (Wildman–Crippen LogP) is 3.11. The van der Waals surface area contributed by atoms with Gasteiger partial charge in [-0.05, 0) is 52.7 Å². The smallest absolute Gasteiger partial charge is 0.409 e. The van der Waals surface area contributed by atoms with E-state index in [2.05, 4.69) is 4.90 Å². The first-order valence-corrected chi connectivity index (χ1v) is 9.31. The van der Waals surface area contributed by atoms with Crippen LogP contribution in [0.4, 0.5) is 4.79 Å². The topological polar surface area (TPSA) is 82.9 Å². The van der Waals surface area contributed by atoms with E-state index in [9.17, 15) is 14.9 Å². The van der Waals surface area contributed by atoms with Gasteiger partial charge < -0.3 is 19.3 Å². The van der Waals surface area contributed by atoms with Gasteiger partial charge in [-0.2, -0.15) is 5.26 Å². The number of carbonyl (C=O) groups is 2. The van der Waals surface area contributed by atoms with E-state index in [1.807, 2.05) is 32.1 Å². The van der Waals surface area contributed by atoms with Gasteiger partial charge in [0.05, 0.1) is 13.2 Å². The molecule has 0 unspecified atom stereocenters. The first-order valence-electron chi connectivity index (χ1n) is 9.31. The normalized spacial score (nSPS) is 17.7. The average Bonchev–Trinajstić information content (AvgIpc) is 2.63. The second-order valence-corrected chi connectivity index (χ2v) is 6.52. The summed E-state index contributed by atoms with van der Waals surface area (Å²) in [4.78, 5) is 27.8. The van der Waals surface area contributed by atoms with Gasteiger partial charge >= 0.3 is 12.1 Å². The zero-order valence-corrected chi connectivity index (χ0v) is 16.4. The highest BCUT2D eigenvalue weighted by Crippen LogP contribution is 2.31. The summed E-state index contributed by atoms with van der Waals surface area (Å²) >= 11 is 0. The van der Waals surface area contributed by atoms with E-state index in [1.165, 1.54) is 0 Å². The van der Waals surface area contributed by atoms with Crippen LogP contribution in [-0.2, 0) is 14.3 Å². The van der Waals surface area contributed by atoms with Crippen molar-refractivity contribution >= 4 is 12.1 Å². The first-order chi connectivity index (χ1) is 12.9. The fourth-order valence-electron chi connectivity index (χ4n) is 3.58. The molecule has 0 atom stereocenters. The summed E-state index contributed by atoms with van der Waals surface area (Å²) in [5.74, 6) is -0.598. The minimum Gasteiger partial charge on any atom is -0.462 e. The summed E-state index contributed by atoms with van der Waals surface area (Å²) in [6, 6.07) is 2.22. The van der Waals surface area contributed by atoms with Crippen LogP contribution in [0.3, 0.4) is 0 Å². The van der Waals surface area contributed by atoms with Crippen molar-refractivity contribution in [2.75, 3.05) is 26.3 Å². The summed E-state index contributed by atoms with van der Waals surface area (Å²) in [6.45, 7) is 9.36. The van der Waals surface area contributed by atoms with Crippen LogP contribution in [0.2, 0.25) is 0 Å². The average molecular weight is 373 g/mol. The SMILES string of the molecule is CCOC(=O)C(C#N)=C1C=C(C)N(C2CCN(C(=O)OCC)CC2)C(C)=C1. The highest BCUT2D eigenvalue weighted by Gasteiger charge is 2.30. The molecule has 1 saturated heterocycles. The van der Waals surface area contributed by atoms with Gasteiger partial charge in [-0.15, -0.1) is 0 Å². The molecule has 1 amide bonds. The van der Waals surface area contributed by atoms with E-state index in [-0.39, 0.29) is 24.3 Å². The Bertz CT molecular complexity index is 700. The number of rotatable bonds is 4. The summed E-state index contributed by atoms with van der Waals surface area (Å²) in [6.07, 6.45) is 5.10. The van der Waals surface area contributed by atoms with Gasteiger partial charge in [0.1, 0.15) is 11.6 Å². The van der Waals surface area contributed by atoms with Crippen LogP contribution in [0.15, 0.2) is 34.7 Å². The molecule has 0 bridgehead atoms. The van der Waals surface area contributed by atoms with Crippen molar-refractivity contribution in [3.63, 3.8) is 0 Å². The predicted molar refractivity (Wildman–Crippen MR) is 100 cm³/mol. The lowest BCUT2D eigenvalue weighted by Gasteiger charge is -2.41. The summed E-state index contributed by atoms with van der Waals surface area (Å²) in [5, 5.41) is 9.36. The molecule has 0 saturated carbocycles. The summed E-state index contributed by atoms with van der Waals surface area (Å²) < 4.78 is 10.0. The Morgan fingerprint density at radius 1 is 1.11 bits per heavy atom. The number of nitriles is 1. The maximum Gasteiger partial charge on any atom is 0.409 e. The molecule has 0 aromatic rings. The molecule has 2 aliphatic rings. The molecular weight excluding hydrogens is 346 g/mol. The van der Waals surface area contributed by atoms with Crippen molar-refractivity contribution < 1.29 is 19.1 Å². The number of allylic oxidation sites excluding steroid dienone is 5. The lowest BCUT2D eigenvalue weighted by atomic mass is 9.97. The highest BCUT2D eigenvalue weighted by atomic mass is 16.6. The Labute approximate surface area is 160 Å². The minimum absolute atomic E-state index is 0.0207. The quantitative estimate of drug-likeness (QED) is 0.428. The van der Waals surface area contributed by atoms with Crippen LogP contribution < -0.4 is 0 Å². The number of nitrogens with zero attached hydrogens (tertiary/aromatic N) is 3. The first kappa shape index (κ1) is 20.6. The van der Waals surface area contributed by atoms with Gasteiger partial charge in [-0.1, -0.05) is 0 Å². The number of hydrogen-bond donors (Lipinski definition) is 0. The molecule has 7 nitrogen and oxygen atoms in total. The monoisotopic (exact) mass is 373 g/mol. The molecule has 0 spiro atoms. The maximum absolute atomic E-state index is 12.0. The molecule has 0 aromatic heterocycles. The molecule has 1 fully saturated rings. The Hall–Kier alpha value is -2.75. The van der Waals surface area contributed by atoms with E-state index in [1.54, 1.807) is 18.7 Å². The van der Waals surface area contributed by atoms with Crippen molar-refractivity contribution in [1.82, 2.24) is 9.80 Å². The van der Waals surface area contributed by atoms with Crippen LogP contribution in [-0.4, -0.2) is 54.2 Å². The zero-order chi connectivity index (χ0) is 20.0. The standard InChI is InChI=1S/C20H27N3O4/c1-5-26-19(24)18(13-21)16-11-14(3)23(15(4)12-16)17-7-9-22(10-8-17)20(25)27-6-2/h11-12,17H,5-10H2,1-4H3. The van der Waals surface area contributed by atoms with Crippen LogP contribution in [0.5, 0.6) is 0 Å². The van der Waals surface area contributed by atoms with E-state index in [4.69, 9.17) is 9.47 Å². The molecule has 2 aliphatic heterocycles. The molecular formula is C20H27N3O4. The number of ether oxygens (including phenoxy) is 2. The maximum atomic E-state index is 12.0. The highest BCUT2D eigenvalue weighted by molar-refractivity contribution is 5.95. The Morgan fingerprint density at radius 3 is 2.15 bits per heavy atom.